The van der Waals surface area contributed by atoms with E-state index in [1.165, 1.54) is 11.1 Å². The first-order valence-electron chi connectivity index (χ1n) is 7.87. The summed E-state index contributed by atoms with van der Waals surface area (Å²) in [7, 11) is 0. The van der Waals surface area contributed by atoms with E-state index in [4.69, 9.17) is 9.47 Å². The molecular formula is C18H26O3. The fourth-order valence-corrected chi connectivity index (χ4v) is 3.69. The van der Waals surface area contributed by atoms with Gasteiger partial charge in [0, 0.05) is 0 Å². The van der Waals surface area contributed by atoms with Crippen LogP contribution in [0.15, 0.2) is 24.3 Å². The van der Waals surface area contributed by atoms with Crippen LogP contribution in [0.3, 0.4) is 0 Å². The molecule has 1 heterocycles. The Hall–Kier alpha value is -0.900. The fourth-order valence-electron chi connectivity index (χ4n) is 3.69. The second-order valence-electron chi connectivity index (χ2n) is 7.33. The van der Waals surface area contributed by atoms with Crippen LogP contribution in [-0.2, 0) is 16.1 Å². The van der Waals surface area contributed by atoms with Gasteiger partial charge in [0.1, 0.15) is 5.60 Å². The Bertz CT molecular complexity index is 521. The average Bonchev–Trinajstić information content (AvgIpc) is 2.68. The summed E-state index contributed by atoms with van der Waals surface area (Å²) in [6.45, 7) is 8.74. The molecule has 1 aromatic carbocycles. The normalized spacial score (nSPS) is 37.7. The molecule has 2 fully saturated rings. The van der Waals surface area contributed by atoms with Crippen molar-refractivity contribution in [2.75, 3.05) is 0 Å². The number of fused-ring (bicyclic) bond motifs is 2. The molecular weight excluding hydrogens is 264 g/mol. The molecule has 1 saturated carbocycles. The van der Waals surface area contributed by atoms with E-state index < -0.39 is 5.60 Å². The quantitative estimate of drug-likeness (QED) is 0.929. The first-order chi connectivity index (χ1) is 9.80. The lowest BCUT2D eigenvalue weighted by molar-refractivity contribution is -0.176. The Kier molecular flexibility index (Phi) is 3.63. The van der Waals surface area contributed by atoms with Crippen LogP contribution in [0.25, 0.3) is 0 Å². The lowest BCUT2D eigenvalue weighted by Crippen LogP contribution is -2.53. The lowest BCUT2D eigenvalue weighted by Gasteiger charge is -2.40. The van der Waals surface area contributed by atoms with Crippen LogP contribution >= 0.6 is 0 Å². The third-order valence-electron chi connectivity index (χ3n) is 5.43. The lowest BCUT2D eigenvalue weighted by atomic mass is 9.73. The number of hydrogen-bond donors (Lipinski definition) is 1. The van der Waals surface area contributed by atoms with E-state index in [0.29, 0.717) is 12.5 Å². The van der Waals surface area contributed by atoms with Crippen molar-refractivity contribution >= 4 is 0 Å². The van der Waals surface area contributed by atoms with Crippen LogP contribution in [0.5, 0.6) is 0 Å². The summed E-state index contributed by atoms with van der Waals surface area (Å²) in [4.78, 5) is 0. The van der Waals surface area contributed by atoms with Gasteiger partial charge >= 0.3 is 0 Å². The zero-order valence-electron chi connectivity index (χ0n) is 13.4. The van der Waals surface area contributed by atoms with Crippen LogP contribution in [0, 0.1) is 12.8 Å². The zero-order valence-corrected chi connectivity index (χ0v) is 13.4. The van der Waals surface area contributed by atoms with Gasteiger partial charge in [-0.2, -0.15) is 0 Å². The third kappa shape index (κ3) is 2.63. The average molecular weight is 290 g/mol. The van der Waals surface area contributed by atoms with E-state index in [1.54, 1.807) is 0 Å². The van der Waals surface area contributed by atoms with Crippen molar-refractivity contribution in [2.24, 2.45) is 5.92 Å². The van der Waals surface area contributed by atoms with Crippen molar-refractivity contribution in [3.63, 3.8) is 0 Å². The molecule has 1 aromatic rings. The maximum absolute atomic E-state index is 10.9. The molecule has 1 aliphatic heterocycles. The van der Waals surface area contributed by atoms with Crippen LogP contribution in [0.4, 0.5) is 0 Å². The maximum atomic E-state index is 10.9. The second-order valence-corrected chi connectivity index (χ2v) is 7.33. The molecule has 2 aliphatic rings. The van der Waals surface area contributed by atoms with Crippen molar-refractivity contribution in [1.29, 1.82) is 0 Å². The zero-order chi connectivity index (χ0) is 15.3. The molecule has 3 nitrogen and oxygen atoms in total. The van der Waals surface area contributed by atoms with Gasteiger partial charge in [-0.1, -0.05) is 24.3 Å². The van der Waals surface area contributed by atoms with Gasteiger partial charge in [-0.25, -0.2) is 0 Å². The molecule has 4 atom stereocenters. The monoisotopic (exact) mass is 290 g/mol. The van der Waals surface area contributed by atoms with Gasteiger partial charge in [0.05, 0.1) is 24.4 Å². The van der Waals surface area contributed by atoms with E-state index in [0.717, 1.165) is 12.8 Å². The summed E-state index contributed by atoms with van der Waals surface area (Å²) < 4.78 is 12.2. The Balaban J connectivity index is 1.73. The molecule has 0 aromatic heterocycles. The largest absolute Gasteiger partial charge is 0.385 e. The molecule has 3 heteroatoms. The van der Waals surface area contributed by atoms with Crippen LogP contribution in [0.1, 0.15) is 44.7 Å². The van der Waals surface area contributed by atoms with E-state index in [-0.39, 0.29) is 17.8 Å². The Morgan fingerprint density at radius 3 is 2.67 bits per heavy atom. The molecule has 1 saturated heterocycles. The van der Waals surface area contributed by atoms with Crippen molar-refractivity contribution in [2.45, 2.75) is 70.6 Å². The number of aryl methyl sites for hydroxylation is 1. The van der Waals surface area contributed by atoms with Crippen molar-refractivity contribution in [3.8, 4) is 0 Å². The predicted octanol–water partition coefficient (Wildman–Crippen LogP) is 3.22. The van der Waals surface area contributed by atoms with Crippen LogP contribution < -0.4 is 0 Å². The van der Waals surface area contributed by atoms with Gasteiger partial charge < -0.3 is 14.6 Å². The Morgan fingerprint density at radius 2 is 1.95 bits per heavy atom. The smallest absolute Gasteiger partial charge is 0.114 e. The Labute approximate surface area is 127 Å². The SMILES string of the molecule is Cc1ccccc1COC1CC2CC(OC2(C)C)C1(C)O. The van der Waals surface area contributed by atoms with Gasteiger partial charge in [0.2, 0.25) is 0 Å². The van der Waals surface area contributed by atoms with Crippen LogP contribution in [0.2, 0.25) is 0 Å². The highest BCUT2D eigenvalue weighted by Crippen LogP contribution is 2.49. The number of hydrogen-bond acceptors (Lipinski definition) is 3. The maximum Gasteiger partial charge on any atom is 0.114 e. The summed E-state index contributed by atoms with van der Waals surface area (Å²) in [6, 6.07) is 8.24. The molecule has 3 rings (SSSR count). The molecule has 116 valence electrons. The summed E-state index contributed by atoms with van der Waals surface area (Å²) in [5.41, 5.74) is 1.35. The summed E-state index contributed by atoms with van der Waals surface area (Å²) in [6.07, 6.45) is 1.52. The predicted molar refractivity (Wildman–Crippen MR) is 82.1 cm³/mol. The molecule has 21 heavy (non-hydrogen) atoms. The molecule has 1 aliphatic carbocycles. The van der Waals surface area contributed by atoms with Gasteiger partial charge in [0.25, 0.3) is 0 Å². The van der Waals surface area contributed by atoms with E-state index in [9.17, 15) is 5.11 Å². The van der Waals surface area contributed by atoms with E-state index >= 15 is 0 Å². The molecule has 4 unspecified atom stereocenters. The highest BCUT2D eigenvalue weighted by molar-refractivity contribution is 5.24. The summed E-state index contributed by atoms with van der Waals surface area (Å²) in [5.74, 6) is 0.463. The van der Waals surface area contributed by atoms with E-state index in [1.807, 2.05) is 19.1 Å². The molecule has 0 radical (unpaired) electrons. The first kappa shape index (κ1) is 15.0. The van der Waals surface area contributed by atoms with Gasteiger partial charge in [-0.3, -0.25) is 0 Å². The topological polar surface area (TPSA) is 38.7 Å². The minimum absolute atomic E-state index is 0.117. The highest BCUT2D eigenvalue weighted by Gasteiger charge is 2.57. The number of ether oxygens (including phenoxy) is 2. The molecule has 0 amide bonds. The number of aliphatic hydroxyl groups is 1. The van der Waals surface area contributed by atoms with Crippen molar-refractivity contribution < 1.29 is 14.6 Å². The van der Waals surface area contributed by atoms with E-state index in [2.05, 4.69) is 32.9 Å². The molecule has 1 N–H and O–H groups in total. The molecule has 0 spiro atoms. The number of rotatable bonds is 3. The third-order valence-corrected chi connectivity index (χ3v) is 5.43. The summed E-state index contributed by atoms with van der Waals surface area (Å²) >= 11 is 0. The number of benzene rings is 1. The standard InChI is InChI=1S/C18H26O3/c1-12-7-5-6-8-13(12)11-20-15-9-14-10-16(18(15,4)19)21-17(14,2)3/h5-8,14-16,19H,9-11H2,1-4H3. The van der Waals surface area contributed by atoms with Crippen LogP contribution in [-0.4, -0.2) is 28.5 Å². The van der Waals surface area contributed by atoms with Gasteiger partial charge in [0.15, 0.2) is 0 Å². The minimum atomic E-state index is -0.910. The Morgan fingerprint density at radius 1 is 1.24 bits per heavy atom. The fraction of sp³-hybridized carbons (Fsp3) is 0.667. The minimum Gasteiger partial charge on any atom is -0.385 e. The summed E-state index contributed by atoms with van der Waals surface area (Å²) in [5, 5.41) is 10.9. The van der Waals surface area contributed by atoms with Crippen molar-refractivity contribution in [3.05, 3.63) is 35.4 Å². The van der Waals surface area contributed by atoms with Gasteiger partial charge in [-0.15, -0.1) is 0 Å². The second kappa shape index (κ2) is 5.08. The molecule has 2 bridgehead atoms. The van der Waals surface area contributed by atoms with Crippen molar-refractivity contribution in [1.82, 2.24) is 0 Å². The highest BCUT2D eigenvalue weighted by atomic mass is 16.5. The van der Waals surface area contributed by atoms with Gasteiger partial charge in [-0.05, 0) is 57.6 Å². The first-order valence-corrected chi connectivity index (χ1v) is 7.87.